The van der Waals surface area contributed by atoms with Gasteiger partial charge in [0.15, 0.2) is 6.10 Å². The second kappa shape index (κ2) is 7.07. The number of anilines is 2. The first-order valence-corrected chi connectivity index (χ1v) is 9.16. The molecule has 6 nitrogen and oxygen atoms in total. The second-order valence-corrected chi connectivity index (χ2v) is 6.99. The van der Waals surface area contributed by atoms with E-state index in [1.165, 1.54) is 31.2 Å². The molecule has 2 atom stereocenters. The molecule has 28 heavy (non-hydrogen) atoms. The molecule has 0 saturated carbocycles. The van der Waals surface area contributed by atoms with Gasteiger partial charge in [0.1, 0.15) is 11.9 Å². The summed E-state index contributed by atoms with van der Waals surface area (Å²) in [6.07, 6.45) is 0.745. The van der Waals surface area contributed by atoms with Gasteiger partial charge >= 0.3 is 5.97 Å². The molecule has 144 valence electrons. The van der Waals surface area contributed by atoms with Gasteiger partial charge in [-0.2, -0.15) is 0 Å². The van der Waals surface area contributed by atoms with Crippen molar-refractivity contribution in [1.29, 1.82) is 0 Å². The third-order valence-corrected chi connectivity index (χ3v) is 5.14. The van der Waals surface area contributed by atoms with Crippen LogP contribution in [0.15, 0.2) is 42.5 Å². The Hall–Kier alpha value is -3.22. The minimum absolute atomic E-state index is 0.0737. The summed E-state index contributed by atoms with van der Waals surface area (Å²) < 4.78 is 18.3. The maximum atomic E-state index is 13.0. The molecular weight excluding hydrogens is 363 g/mol. The number of halogens is 1. The van der Waals surface area contributed by atoms with Crippen LogP contribution in [0.3, 0.4) is 0 Å². The predicted octanol–water partition coefficient (Wildman–Crippen LogP) is 3.17. The first kappa shape index (κ1) is 18.2. The molecule has 7 heteroatoms. The van der Waals surface area contributed by atoms with Gasteiger partial charge in [-0.25, -0.2) is 9.18 Å². The maximum absolute atomic E-state index is 13.0. The minimum atomic E-state index is -1.02. The van der Waals surface area contributed by atoms with Gasteiger partial charge in [-0.15, -0.1) is 0 Å². The van der Waals surface area contributed by atoms with E-state index in [4.69, 9.17) is 4.74 Å². The van der Waals surface area contributed by atoms with Crippen LogP contribution >= 0.6 is 0 Å². The van der Waals surface area contributed by atoms with Crippen LogP contribution in [0.5, 0.6) is 0 Å². The smallest absolute Gasteiger partial charge is 0.338 e. The van der Waals surface area contributed by atoms with Crippen LogP contribution < -0.4 is 10.2 Å². The van der Waals surface area contributed by atoms with E-state index in [1.807, 2.05) is 4.90 Å². The average molecular weight is 382 g/mol. The number of hydrogen-bond acceptors (Lipinski definition) is 5. The molecule has 0 aliphatic carbocycles. The van der Waals surface area contributed by atoms with Crippen LogP contribution in [-0.4, -0.2) is 36.4 Å². The lowest BCUT2D eigenvalue weighted by Crippen LogP contribution is -2.43. The number of fused-ring (bicyclic) bond motifs is 3. The Morgan fingerprint density at radius 2 is 1.89 bits per heavy atom. The highest BCUT2D eigenvalue weighted by molar-refractivity contribution is 6.06. The summed E-state index contributed by atoms with van der Waals surface area (Å²) in [5.74, 6) is -1.60. The van der Waals surface area contributed by atoms with Gasteiger partial charge in [0.2, 0.25) is 11.7 Å². The monoisotopic (exact) mass is 382 g/mol. The molecule has 4 rings (SSSR count). The summed E-state index contributed by atoms with van der Waals surface area (Å²) in [5.41, 5.74) is 1.96. The molecule has 1 N–H and O–H groups in total. The number of esters is 1. The second-order valence-electron chi connectivity index (χ2n) is 6.99. The first-order valence-electron chi connectivity index (χ1n) is 9.16. The van der Waals surface area contributed by atoms with Crippen molar-refractivity contribution >= 4 is 29.0 Å². The summed E-state index contributed by atoms with van der Waals surface area (Å²) in [6.45, 7) is 2.27. The van der Waals surface area contributed by atoms with E-state index < -0.39 is 23.7 Å². The highest BCUT2D eigenvalue weighted by Crippen LogP contribution is 2.37. The van der Waals surface area contributed by atoms with E-state index in [0.717, 1.165) is 25.1 Å². The van der Waals surface area contributed by atoms with Crippen LogP contribution in [0.1, 0.15) is 40.5 Å². The van der Waals surface area contributed by atoms with Crippen molar-refractivity contribution in [1.82, 2.24) is 0 Å². The minimum Gasteiger partial charge on any atom is -0.451 e. The highest BCUT2D eigenvalue weighted by atomic mass is 19.1. The van der Waals surface area contributed by atoms with Gasteiger partial charge < -0.3 is 15.0 Å². The van der Waals surface area contributed by atoms with Crippen LogP contribution in [0, 0.1) is 5.82 Å². The third kappa shape index (κ3) is 3.24. The lowest BCUT2D eigenvalue weighted by molar-refractivity contribution is -0.117. The number of carbonyl (C=O) groups is 3. The fourth-order valence-corrected chi connectivity index (χ4v) is 3.69. The SMILES string of the molecule is C[C@@H](OC(=O)c1ccc2c(c1)NC(=O)[C@@H]1CCCN21)C(=O)c1ccc(F)cc1. The van der Waals surface area contributed by atoms with Crippen molar-refractivity contribution < 1.29 is 23.5 Å². The molecule has 1 saturated heterocycles. The van der Waals surface area contributed by atoms with E-state index in [2.05, 4.69) is 5.32 Å². The fourth-order valence-electron chi connectivity index (χ4n) is 3.69. The molecule has 0 bridgehead atoms. The Morgan fingerprint density at radius 1 is 1.18 bits per heavy atom. The van der Waals surface area contributed by atoms with Crippen LogP contribution in [0.2, 0.25) is 0 Å². The molecule has 0 unspecified atom stereocenters. The van der Waals surface area contributed by atoms with Crippen LogP contribution in [0.4, 0.5) is 15.8 Å². The number of ether oxygens (including phenoxy) is 1. The molecule has 0 spiro atoms. The number of hydrogen-bond donors (Lipinski definition) is 1. The summed E-state index contributed by atoms with van der Waals surface area (Å²) in [4.78, 5) is 39.1. The van der Waals surface area contributed by atoms with Gasteiger partial charge in [-0.3, -0.25) is 9.59 Å². The summed E-state index contributed by atoms with van der Waals surface area (Å²) >= 11 is 0. The van der Waals surface area contributed by atoms with Gasteiger partial charge in [-0.1, -0.05) is 0 Å². The molecule has 2 aliphatic heterocycles. The van der Waals surface area contributed by atoms with Crippen LogP contribution in [-0.2, 0) is 9.53 Å². The normalized spacial score (nSPS) is 18.7. The van der Waals surface area contributed by atoms with Gasteiger partial charge in [0.05, 0.1) is 16.9 Å². The highest BCUT2D eigenvalue weighted by Gasteiger charge is 2.36. The Bertz CT molecular complexity index is 957. The number of ketones is 1. The quantitative estimate of drug-likeness (QED) is 0.649. The standard InChI is InChI=1S/C21H19FN2O4/c1-12(19(25)13-4-7-15(22)8-5-13)28-21(27)14-6-9-17-16(11-14)23-20(26)18-3-2-10-24(17)18/h4-9,11-12,18H,2-3,10H2,1H3,(H,23,26)/t12-,18+/m1/s1. The zero-order valence-electron chi connectivity index (χ0n) is 15.3. The Balaban J connectivity index is 1.49. The molecule has 0 aromatic heterocycles. The van der Waals surface area contributed by atoms with Crippen molar-refractivity contribution in [2.24, 2.45) is 0 Å². The Labute approximate surface area is 161 Å². The summed E-state index contributed by atoms with van der Waals surface area (Å²) in [6, 6.07) is 9.89. The predicted molar refractivity (Wildman–Crippen MR) is 101 cm³/mol. The van der Waals surface area contributed by atoms with Crippen molar-refractivity contribution in [3.05, 3.63) is 59.4 Å². The Morgan fingerprint density at radius 3 is 2.64 bits per heavy atom. The molecule has 2 aromatic rings. The largest absolute Gasteiger partial charge is 0.451 e. The van der Waals surface area contributed by atoms with E-state index in [1.54, 1.807) is 18.2 Å². The molecule has 0 radical (unpaired) electrons. The zero-order valence-corrected chi connectivity index (χ0v) is 15.3. The number of benzene rings is 2. The lowest BCUT2D eigenvalue weighted by atomic mass is 10.1. The number of rotatable bonds is 4. The van der Waals surface area contributed by atoms with Crippen LogP contribution in [0.25, 0.3) is 0 Å². The molecule has 2 aliphatic rings. The molecular formula is C21H19FN2O4. The molecule has 2 aromatic carbocycles. The summed E-state index contributed by atoms with van der Waals surface area (Å²) in [5, 5.41) is 2.84. The number of nitrogens with zero attached hydrogens (tertiary/aromatic N) is 1. The third-order valence-electron chi connectivity index (χ3n) is 5.14. The average Bonchev–Trinajstić information content (AvgIpc) is 3.18. The van der Waals surface area contributed by atoms with E-state index in [0.29, 0.717) is 5.69 Å². The molecule has 1 fully saturated rings. The molecule has 2 heterocycles. The lowest BCUT2D eigenvalue weighted by Gasteiger charge is -2.33. The number of Topliss-reactive ketones (excluding diaryl/α,β-unsaturated/α-hetero) is 1. The topological polar surface area (TPSA) is 75.7 Å². The Kier molecular flexibility index (Phi) is 4.58. The van der Waals surface area contributed by atoms with Gasteiger partial charge in [0, 0.05) is 12.1 Å². The van der Waals surface area contributed by atoms with Crippen molar-refractivity contribution in [3.8, 4) is 0 Å². The first-order chi connectivity index (χ1) is 13.4. The van der Waals surface area contributed by atoms with E-state index in [-0.39, 0.29) is 23.1 Å². The van der Waals surface area contributed by atoms with Crippen molar-refractivity contribution in [2.45, 2.75) is 31.9 Å². The van der Waals surface area contributed by atoms with Crippen molar-refractivity contribution in [2.75, 3.05) is 16.8 Å². The number of carbonyl (C=O) groups excluding carboxylic acids is 3. The summed E-state index contributed by atoms with van der Waals surface area (Å²) in [7, 11) is 0. The van der Waals surface area contributed by atoms with E-state index in [9.17, 15) is 18.8 Å². The number of nitrogens with one attached hydrogen (secondary N) is 1. The number of amides is 1. The fraction of sp³-hybridized carbons (Fsp3) is 0.286. The van der Waals surface area contributed by atoms with Gasteiger partial charge in [-0.05, 0) is 62.2 Å². The van der Waals surface area contributed by atoms with E-state index >= 15 is 0 Å². The zero-order chi connectivity index (χ0) is 19.8. The van der Waals surface area contributed by atoms with Crippen molar-refractivity contribution in [3.63, 3.8) is 0 Å². The molecule has 1 amide bonds. The van der Waals surface area contributed by atoms with Gasteiger partial charge in [0.25, 0.3) is 0 Å². The maximum Gasteiger partial charge on any atom is 0.338 e.